The minimum Gasteiger partial charge on any atom is -0.473 e. The molecule has 4 aromatic rings. The molecule has 7 rings (SSSR count). The molecule has 0 amide bonds. The molecular formula is C33H33FN6O5. The quantitative estimate of drug-likeness (QED) is 0.259. The molecular weight excluding hydrogens is 579 g/mol. The van der Waals surface area contributed by atoms with Gasteiger partial charge in [0.05, 0.1) is 79.8 Å². The molecule has 0 bridgehead atoms. The minimum atomic E-state index is -0.482. The predicted molar refractivity (Wildman–Crippen MR) is 161 cm³/mol. The Hall–Kier alpha value is -4.57. The standard InChI is InChI=1S/C33H33FN6O5/c1-42-33(41)22-7-8-26-27(14-22)40(16-24-9-12-44-24)31(36-26)17-38-10-11-39(29-20-43-19-28(29)38)30-3-2-4-32(37-30)45-18-23-6-5-21(15-35)13-25(23)34/h2-8,13-14,24,28-29H,9-12,16-20H2,1H3/t24-,28+,29-/m0/s1. The van der Waals surface area contributed by atoms with Gasteiger partial charge in [0.1, 0.15) is 24.1 Å². The van der Waals surface area contributed by atoms with Gasteiger partial charge in [0, 0.05) is 31.3 Å². The van der Waals surface area contributed by atoms with Gasteiger partial charge in [0.2, 0.25) is 5.88 Å². The van der Waals surface area contributed by atoms with Crippen LogP contribution in [0, 0.1) is 17.1 Å². The first kappa shape index (κ1) is 29.2. The molecule has 0 radical (unpaired) electrons. The van der Waals surface area contributed by atoms with E-state index in [9.17, 15) is 9.18 Å². The molecule has 0 spiro atoms. The maximum Gasteiger partial charge on any atom is 0.337 e. The fourth-order valence-electron chi connectivity index (χ4n) is 6.31. The highest BCUT2D eigenvalue weighted by Gasteiger charge is 2.42. The number of esters is 1. The third-order valence-electron chi connectivity index (χ3n) is 8.85. The summed E-state index contributed by atoms with van der Waals surface area (Å²) in [4.78, 5) is 26.7. The number of hydrogen-bond acceptors (Lipinski definition) is 10. The number of rotatable bonds is 9. The first-order chi connectivity index (χ1) is 22.0. The van der Waals surface area contributed by atoms with E-state index >= 15 is 0 Å². The Morgan fingerprint density at radius 1 is 1.11 bits per heavy atom. The lowest BCUT2D eigenvalue weighted by atomic mass is 10.0. The van der Waals surface area contributed by atoms with E-state index in [1.165, 1.54) is 13.2 Å². The second-order valence-electron chi connectivity index (χ2n) is 11.5. The summed E-state index contributed by atoms with van der Waals surface area (Å²) in [6.07, 6.45) is 1.11. The predicted octanol–water partition coefficient (Wildman–Crippen LogP) is 3.69. The summed E-state index contributed by atoms with van der Waals surface area (Å²) in [6, 6.07) is 17.6. The van der Waals surface area contributed by atoms with E-state index in [0.29, 0.717) is 43.3 Å². The zero-order chi connectivity index (χ0) is 30.9. The topological polar surface area (TPSA) is 115 Å². The zero-order valence-corrected chi connectivity index (χ0v) is 24.9. The number of fused-ring (bicyclic) bond motifs is 2. The summed E-state index contributed by atoms with van der Waals surface area (Å²) in [6.45, 7) is 4.71. The molecule has 3 saturated heterocycles. The molecule has 232 valence electrons. The Labute approximate surface area is 259 Å². The van der Waals surface area contributed by atoms with Crippen molar-refractivity contribution in [3.05, 3.63) is 82.9 Å². The van der Waals surface area contributed by atoms with Crippen LogP contribution in [0.15, 0.2) is 54.6 Å². The Morgan fingerprint density at radius 3 is 2.76 bits per heavy atom. The number of nitrogens with zero attached hydrogens (tertiary/aromatic N) is 6. The highest BCUT2D eigenvalue weighted by atomic mass is 19.1. The van der Waals surface area contributed by atoms with Crippen molar-refractivity contribution in [2.24, 2.45) is 0 Å². The molecule has 3 atom stereocenters. The molecule has 0 saturated carbocycles. The number of carbonyl (C=O) groups excluding carboxylic acids is 1. The van der Waals surface area contributed by atoms with Crippen molar-refractivity contribution in [3.63, 3.8) is 0 Å². The zero-order valence-electron chi connectivity index (χ0n) is 24.9. The van der Waals surface area contributed by atoms with E-state index < -0.39 is 5.82 Å². The third-order valence-corrected chi connectivity index (χ3v) is 8.85. The number of anilines is 1. The number of ether oxygens (including phenoxy) is 4. The van der Waals surface area contributed by atoms with Gasteiger partial charge >= 0.3 is 5.97 Å². The van der Waals surface area contributed by atoms with E-state index in [2.05, 4.69) is 14.4 Å². The van der Waals surface area contributed by atoms with Crippen LogP contribution in [0.4, 0.5) is 10.2 Å². The average Bonchev–Trinajstić information content (AvgIpc) is 3.67. The molecule has 0 N–H and O–H groups in total. The summed E-state index contributed by atoms with van der Waals surface area (Å²) in [5.74, 6) is 1.23. The van der Waals surface area contributed by atoms with Crippen molar-refractivity contribution in [1.29, 1.82) is 5.26 Å². The van der Waals surface area contributed by atoms with Crippen LogP contribution in [-0.2, 0) is 33.9 Å². The minimum absolute atomic E-state index is 0.00492. The number of benzene rings is 2. The van der Waals surface area contributed by atoms with Crippen LogP contribution in [0.5, 0.6) is 5.88 Å². The molecule has 0 unspecified atom stereocenters. The highest BCUT2D eigenvalue weighted by molar-refractivity contribution is 5.93. The maximum atomic E-state index is 14.4. The van der Waals surface area contributed by atoms with Gasteiger partial charge in [-0.15, -0.1) is 0 Å². The van der Waals surface area contributed by atoms with Crippen molar-refractivity contribution < 1.29 is 28.1 Å². The Balaban J connectivity index is 1.08. The number of carbonyl (C=O) groups is 1. The summed E-state index contributed by atoms with van der Waals surface area (Å²) in [5, 5.41) is 8.99. The Morgan fingerprint density at radius 2 is 1.98 bits per heavy atom. The van der Waals surface area contributed by atoms with Crippen LogP contribution in [0.3, 0.4) is 0 Å². The third kappa shape index (κ3) is 5.82. The molecule has 3 aliphatic heterocycles. The van der Waals surface area contributed by atoms with Crippen LogP contribution < -0.4 is 9.64 Å². The van der Waals surface area contributed by atoms with Gasteiger partial charge in [0.15, 0.2) is 0 Å². The van der Waals surface area contributed by atoms with Gasteiger partial charge < -0.3 is 28.4 Å². The molecule has 45 heavy (non-hydrogen) atoms. The fraction of sp³-hybridized carbons (Fsp3) is 0.394. The lowest BCUT2D eigenvalue weighted by molar-refractivity contribution is -0.0592. The molecule has 11 nitrogen and oxygen atoms in total. The number of nitriles is 1. The normalized spacial score (nSPS) is 21.3. The lowest BCUT2D eigenvalue weighted by Crippen LogP contribution is -2.59. The van der Waals surface area contributed by atoms with E-state index in [4.69, 9.17) is 34.2 Å². The van der Waals surface area contributed by atoms with Crippen LogP contribution in [0.25, 0.3) is 11.0 Å². The van der Waals surface area contributed by atoms with Crippen molar-refractivity contribution in [2.45, 2.75) is 44.3 Å². The van der Waals surface area contributed by atoms with E-state index in [-0.39, 0.29) is 36.3 Å². The first-order valence-corrected chi connectivity index (χ1v) is 15.1. The number of pyridine rings is 1. The SMILES string of the molecule is COC(=O)c1ccc2nc(CN3CCN(c4cccc(OCc5ccc(C#N)cc5F)n4)[C@H]4COC[C@H]43)n(C[C@@H]3CCO3)c2c1. The highest BCUT2D eigenvalue weighted by Crippen LogP contribution is 2.31. The second-order valence-corrected chi connectivity index (χ2v) is 11.5. The number of aromatic nitrogens is 3. The molecule has 3 aliphatic rings. The monoisotopic (exact) mass is 612 g/mol. The Kier molecular flexibility index (Phi) is 8.06. The van der Waals surface area contributed by atoms with Gasteiger partial charge in [0.25, 0.3) is 0 Å². The number of halogens is 1. The fourth-order valence-corrected chi connectivity index (χ4v) is 6.31. The van der Waals surface area contributed by atoms with Gasteiger partial charge in [-0.25, -0.2) is 14.2 Å². The number of hydrogen-bond donors (Lipinski definition) is 0. The second kappa shape index (κ2) is 12.4. The van der Waals surface area contributed by atoms with E-state index in [1.807, 2.05) is 30.3 Å². The molecule has 5 heterocycles. The molecule has 3 fully saturated rings. The molecule has 0 aliphatic carbocycles. The van der Waals surface area contributed by atoms with Crippen LogP contribution in [0.2, 0.25) is 0 Å². The van der Waals surface area contributed by atoms with E-state index in [1.54, 1.807) is 24.3 Å². The van der Waals surface area contributed by atoms with Crippen molar-refractivity contribution in [3.8, 4) is 11.9 Å². The average molecular weight is 613 g/mol. The lowest BCUT2D eigenvalue weighted by Gasteiger charge is -2.44. The summed E-state index contributed by atoms with van der Waals surface area (Å²) >= 11 is 0. The van der Waals surface area contributed by atoms with Gasteiger partial charge in [-0.05, 0) is 42.8 Å². The van der Waals surface area contributed by atoms with Crippen molar-refractivity contribution in [2.75, 3.05) is 44.9 Å². The Bertz CT molecular complexity index is 1770. The maximum absolute atomic E-state index is 14.4. The molecule has 12 heteroatoms. The first-order valence-electron chi connectivity index (χ1n) is 15.1. The summed E-state index contributed by atoms with van der Waals surface area (Å²) in [5.41, 5.74) is 2.84. The van der Waals surface area contributed by atoms with Crippen molar-refractivity contribution >= 4 is 22.8 Å². The van der Waals surface area contributed by atoms with Crippen LogP contribution in [-0.4, -0.2) is 83.6 Å². The van der Waals surface area contributed by atoms with Gasteiger partial charge in [-0.3, -0.25) is 4.90 Å². The van der Waals surface area contributed by atoms with Gasteiger partial charge in [-0.2, -0.15) is 10.2 Å². The summed E-state index contributed by atoms with van der Waals surface area (Å²) in [7, 11) is 1.38. The number of methoxy groups -OCH3 is 1. The molecule has 2 aromatic carbocycles. The number of piperazine rings is 1. The smallest absolute Gasteiger partial charge is 0.337 e. The summed E-state index contributed by atoms with van der Waals surface area (Å²) < 4.78 is 39.1. The van der Waals surface area contributed by atoms with Crippen molar-refractivity contribution in [1.82, 2.24) is 19.4 Å². The van der Waals surface area contributed by atoms with E-state index in [0.717, 1.165) is 48.8 Å². The number of imidazole rings is 1. The van der Waals surface area contributed by atoms with Crippen LogP contribution in [0.1, 0.15) is 33.7 Å². The largest absolute Gasteiger partial charge is 0.473 e. The van der Waals surface area contributed by atoms with Crippen LogP contribution >= 0.6 is 0 Å². The molecule has 2 aromatic heterocycles. The van der Waals surface area contributed by atoms with Gasteiger partial charge in [-0.1, -0.05) is 12.1 Å².